The number of hydrogen-bond acceptors (Lipinski definition) is 4. The van der Waals surface area contributed by atoms with E-state index in [2.05, 4.69) is 22.7 Å². The maximum atomic E-state index is 10.3. The average molecular weight is 256 g/mol. The molecule has 0 saturated carbocycles. The van der Waals surface area contributed by atoms with Gasteiger partial charge in [-0.2, -0.15) is 5.10 Å². The number of benzene rings is 1. The summed E-state index contributed by atoms with van der Waals surface area (Å²) in [5.41, 5.74) is 4.02. The third-order valence-electron chi connectivity index (χ3n) is 2.39. The van der Waals surface area contributed by atoms with Gasteiger partial charge in [-0.3, -0.25) is 0 Å². The third kappa shape index (κ3) is 7.48. The molecule has 0 aliphatic heterocycles. The number of hydrazone groups is 1. The second kappa shape index (κ2) is 10.1. The summed E-state index contributed by atoms with van der Waals surface area (Å²) in [6.07, 6.45) is 3.04. The van der Waals surface area contributed by atoms with Crippen molar-refractivity contribution in [2.75, 3.05) is 6.54 Å². The van der Waals surface area contributed by atoms with Crippen molar-refractivity contribution in [3.8, 4) is 0 Å². The summed E-state index contributed by atoms with van der Waals surface area (Å²) in [7, 11) is 0. The number of unbranched alkanes of at least 4 members (excludes halogenated alkanes) is 1. The summed E-state index contributed by atoms with van der Waals surface area (Å²) in [6, 6.07) is 10.3. The van der Waals surface area contributed by atoms with Crippen LogP contribution >= 0.6 is 0 Å². The summed E-state index contributed by atoms with van der Waals surface area (Å²) in [5.74, 6) is -1.23. The van der Waals surface area contributed by atoms with Crippen LogP contribution in [-0.2, 0) is 11.2 Å². The van der Waals surface area contributed by atoms with E-state index in [0.717, 1.165) is 19.3 Å². The van der Waals surface area contributed by atoms with Gasteiger partial charge in [0.2, 0.25) is 0 Å². The Labute approximate surface area is 130 Å². The van der Waals surface area contributed by atoms with Crippen LogP contribution in [0.5, 0.6) is 0 Å². The Bertz CT molecular complexity index is 380. The van der Waals surface area contributed by atoms with Crippen molar-refractivity contribution in [1.82, 2.24) is 5.43 Å². The van der Waals surface area contributed by atoms with Crippen LogP contribution in [0, 0.1) is 0 Å². The molecule has 0 radical (unpaired) electrons. The third-order valence-corrected chi connectivity index (χ3v) is 2.39. The van der Waals surface area contributed by atoms with Crippen molar-refractivity contribution in [3.63, 3.8) is 0 Å². The van der Waals surface area contributed by atoms with E-state index in [1.165, 1.54) is 12.5 Å². The Kier molecular flexibility index (Phi) is 9.64. The summed E-state index contributed by atoms with van der Waals surface area (Å²) in [4.78, 5) is 10.3. The molecule has 0 aromatic heterocycles. The van der Waals surface area contributed by atoms with E-state index in [1.54, 1.807) is 0 Å². The second-order valence-corrected chi connectivity index (χ2v) is 3.84. The molecule has 1 rings (SSSR count). The molecule has 1 aromatic carbocycles. The van der Waals surface area contributed by atoms with Crippen molar-refractivity contribution in [2.45, 2.75) is 26.2 Å². The smallest absolute Gasteiger partial charge is 0.543 e. The minimum atomic E-state index is -1.23. The van der Waals surface area contributed by atoms with Crippen LogP contribution in [0.1, 0.15) is 25.3 Å². The first-order valence-electron chi connectivity index (χ1n) is 5.72. The molecule has 0 atom stereocenters. The number of aliphatic carboxylic acids is 1. The fourth-order valence-electron chi connectivity index (χ4n) is 1.40. The van der Waals surface area contributed by atoms with Crippen molar-refractivity contribution in [1.29, 1.82) is 0 Å². The first-order valence-corrected chi connectivity index (χ1v) is 5.72. The summed E-state index contributed by atoms with van der Waals surface area (Å²) in [6.45, 7) is 2.09. The number of carbonyl (C=O) groups is 1. The molecule has 0 amide bonds. The summed E-state index contributed by atoms with van der Waals surface area (Å²) >= 11 is 0. The number of hydrogen-bond donors (Lipinski definition) is 1. The Morgan fingerprint density at radius 3 is 2.56 bits per heavy atom. The van der Waals surface area contributed by atoms with E-state index >= 15 is 0 Å². The molecule has 5 heteroatoms. The number of aryl methyl sites for hydroxylation is 1. The van der Waals surface area contributed by atoms with Gasteiger partial charge in [0.15, 0.2) is 0 Å². The Hall–Kier alpha value is -0.840. The van der Waals surface area contributed by atoms with Gasteiger partial charge in [-0.1, -0.05) is 30.3 Å². The molecule has 0 saturated heterocycles. The SMILES string of the molecule is C/C(=N\NCCCCc1ccccc1)C(=O)[O-].[Na+]. The molecule has 0 bridgehead atoms. The van der Waals surface area contributed by atoms with Gasteiger partial charge in [0.25, 0.3) is 0 Å². The molecular weight excluding hydrogens is 239 g/mol. The largest absolute Gasteiger partial charge is 1.00 e. The summed E-state index contributed by atoms with van der Waals surface area (Å²) in [5, 5.41) is 14.0. The van der Waals surface area contributed by atoms with Gasteiger partial charge in [0.05, 0.1) is 11.7 Å². The predicted octanol–water partition coefficient (Wildman–Crippen LogP) is -2.27. The summed E-state index contributed by atoms with van der Waals surface area (Å²) < 4.78 is 0. The fraction of sp³-hybridized carbons (Fsp3) is 0.385. The van der Waals surface area contributed by atoms with Gasteiger partial charge >= 0.3 is 29.6 Å². The van der Waals surface area contributed by atoms with Crippen LogP contribution in [0.3, 0.4) is 0 Å². The molecule has 0 heterocycles. The second-order valence-electron chi connectivity index (χ2n) is 3.84. The molecular formula is C13H17N2NaO2. The van der Waals surface area contributed by atoms with E-state index in [9.17, 15) is 9.90 Å². The molecule has 0 fully saturated rings. The Morgan fingerprint density at radius 2 is 1.94 bits per heavy atom. The zero-order valence-electron chi connectivity index (χ0n) is 11.0. The van der Waals surface area contributed by atoms with Crippen LogP contribution in [0.4, 0.5) is 0 Å². The molecule has 92 valence electrons. The van der Waals surface area contributed by atoms with Gasteiger partial charge in [-0.05, 0) is 31.7 Å². The first-order chi connectivity index (χ1) is 8.20. The quantitative estimate of drug-likeness (QED) is 0.259. The molecule has 4 nitrogen and oxygen atoms in total. The fourth-order valence-corrected chi connectivity index (χ4v) is 1.40. The molecule has 0 aliphatic carbocycles. The van der Waals surface area contributed by atoms with Crippen LogP contribution in [0.25, 0.3) is 0 Å². The minimum Gasteiger partial charge on any atom is -0.543 e. The van der Waals surface area contributed by atoms with Crippen LogP contribution in [0.15, 0.2) is 35.4 Å². The van der Waals surface area contributed by atoms with E-state index in [1.807, 2.05) is 18.2 Å². The van der Waals surface area contributed by atoms with Crippen LogP contribution in [0.2, 0.25) is 0 Å². The number of carbonyl (C=O) groups excluding carboxylic acids is 1. The number of carboxylic acid groups (broad SMARTS) is 1. The van der Waals surface area contributed by atoms with Crippen LogP contribution < -0.4 is 40.1 Å². The Morgan fingerprint density at radius 1 is 1.28 bits per heavy atom. The number of rotatable bonds is 7. The van der Waals surface area contributed by atoms with E-state index in [4.69, 9.17) is 0 Å². The van der Waals surface area contributed by atoms with Crippen molar-refractivity contribution < 1.29 is 39.5 Å². The zero-order valence-corrected chi connectivity index (χ0v) is 13.0. The minimum absolute atomic E-state index is 0. The Balaban J connectivity index is 0.00000289. The maximum absolute atomic E-state index is 10.3. The van der Waals surface area contributed by atoms with Gasteiger partial charge in [-0.15, -0.1) is 0 Å². The number of nitrogens with zero attached hydrogens (tertiary/aromatic N) is 1. The average Bonchev–Trinajstić information content (AvgIpc) is 2.34. The first kappa shape index (κ1) is 17.2. The van der Waals surface area contributed by atoms with Crippen LogP contribution in [-0.4, -0.2) is 18.2 Å². The number of carboxylic acids is 1. The molecule has 0 aliphatic rings. The van der Waals surface area contributed by atoms with Gasteiger partial charge < -0.3 is 15.3 Å². The van der Waals surface area contributed by atoms with Crippen molar-refractivity contribution >= 4 is 11.7 Å². The van der Waals surface area contributed by atoms with E-state index in [0.29, 0.717) is 6.54 Å². The van der Waals surface area contributed by atoms with Crippen molar-refractivity contribution in [2.24, 2.45) is 5.10 Å². The monoisotopic (exact) mass is 256 g/mol. The molecule has 1 aromatic rings. The maximum Gasteiger partial charge on any atom is 1.00 e. The molecule has 0 unspecified atom stereocenters. The number of nitrogens with one attached hydrogen (secondary N) is 1. The van der Waals surface area contributed by atoms with Gasteiger partial charge in [-0.25, -0.2) is 0 Å². The van der Waals surface area contributed by atoms with Gasteiger partial charge in [0, 0.05) is 6.54 Å². The topological polar surface area (TPSA) is 64.5 Å². The van der Waals surface area contributed by atoms with Crippen molar-refractivity contribution in [3.05, 3.63) is 35.9 Å². The van der Waals surface area contributed by atoms with Gasteiger partial charge in [0.1, 0.15) is 0 Å². The standard InChI is InChI=1S/C13H18N2O2.Na/c1-11(13(16)17)15-14-10-6-5-9-12-7-3-2-4-8-12;/h2-4,7-8,14H,5-6,9-10H2,1H3,(H,16,17);/q;+1/p-1/b15-11+;. The molecule has 1 N–H and O–H groups in total. The van der Waals surface area contributed by atoms with E-state index in [-0.39, 0.29) is 35.3 Å². The molecule has 18 heavy (non-hydrogen) atoms. The van der Waals surface area contributed by atoms with E-state index < -0.39 is 5.97 Å². The normalized spacial score (nSPS) is 10.6. The predicted molar refractivity (Wildman–Crippen MR) is 65.5 cm³/mol. The zero-order chi connectivity index (χ0) is 12.5. The molecule has 0 spiro atoms.